The summed E-state index contributed by atoms with van der Waals surface area (Å²) in [4.78, 5) is 12.3. The van der Waals surface area contributed by atoms with E-state index in [0.29, 0.717) is 12.1 Å². The lowest BCUT2D eigenvalue weighted by molar-refractivity contribution is 0.227. The van der Waals surface area contributed by atoms with Crippen LogP contribution in [0, 0.1) is 19.8 Å². The third-order valence-corrected chi connectivity index (χ3v) is 4.09. The number of nitrogens with one attached hydrogen (secondary N) is 2. The summed E-state index contributed by atoms with van der Waals surface area (Å²) < 4.78 is 1.82. The summed E-state index contributed by atoms with van der Waals surface area (Å²) in [6.45, 7) is 7.88. The molecule has 2 aromatic rings. The molecule has 2 rings (SSSR count). The molecule has 1 aromatic heterocycles. The van der Waals surface area contributed by atoms with Crippen LogP contribution in [-0.2, 0) is 0 Å². The first kappa shape index (κ1) is 18.0. The number of carbonyl (C=O) groups excluding carboxylic acids is 1. The SMILES string of the molecule is Cc1nn(-c2ccccc2)c(C)c1NC(=O)N[C@@H](CCO)C(C)C. The van der Waals surface area contributed by atoms with E-state index in [1.54, 1.807) is 0 Å². The number of aryl methyl sites for hydroxylation is 1. The Balaban J connectivity index is 2.15. The molecule has 0 unspecified atom stereocenters. The lowest BCUT2D eigenvalue weighted by Crippen LogP contribution is -2.41. The molecule has 0 spiro atoms. The fraction of sp³-hybridized carbons (Fsp3) is 0.444. The van der Waals surface area contributed by atoms with Gasteiger partial charge in [-0.2, -0.15) is 5.10 Å². The number of hydrogen-bond donors (Lipinski definition) is 3. The number of nitrogens with zero attached hydrogens (tertiary/aromatic N) is 2. The molecule has 2 amide bonds. The first-order chi connectivity index (χ1) is 11.4. The highest BCUT2D eigenvalue weighted by atomic mass is 16.3. The Hall–Kier alpha value is -2.34. The number of carbonyl (C=O) groups is 1. The number of aliphatic hydroxyl groups is 1. The number of aromatic nitrogens is 2. The van der Waals surface area contributed by atoms with Crippen LogP contribution in [0.4, 0.5) is 10.5 Å². The third-order valence-electron chi connectivity index (χ3n) is 4.09. The minimum atomic E-state index is -0.277. The van der Waals surface area contributed by atoms with Gasteiger partial charge < -0.3 is 15.7 Å². The van der Waals surface area contributed by atoms with Crippen LogP contribution in [0.2, 0.25) is 0 Å². The molecule has 1 atom stereocenters. The summed E-state index contributed by atoms with van der Waals surface area (Å²) in [5, 5.41) is 19.5. The third kappa shape index (κ3) is 4.14. The van der Waals surface area contributed by atoms with E-state index in [1.165, 1.54) is 0 Å². The maximum atomic E-state index is 12.3. The number of urea groups is 1. The van der Waals surface area contributed by atoms with Crippen molar-refractivity contribution >= 4 is 11.7 Å². The predicted molar refractivity (Wildman–Crippen MR) is 95.5 cm³/mol. The Bertz CT molecular complexity index is 680. The number of aliphatic hydroxyl groups excluding tert-OH is 1. The summed E-state index contributed by atoms with van der Waals surface area (Å²) in [5.41, 5.74) is 3.29. The Morgan fingerprint density at radius 3 is 2.50 bits per heavy atom. The van der Waals surface area contributed by atoms with Gasteiger partial charge in [0.25, 0.3) is 0 Å². The maximum Gasteiger partial charge on any atom is 0.319 e. The summed E-state index contributed by atoms with van der Waals surface area (Å²) in [5.74, 6) is 0.247. The number of amides is 2. The van der Waals surface area contributed by atoms with Gasteiger partial charge in [0.1, 0.15) is 0 Å². The van der Waals surface area contributed by atoms with Gasteiger partial charge in [-0.15, -0.1) is 0 Å². The number of rotatable bonds is 6. The Labute approximate surface area is 142 Å². The highest BCUT2D eigenvalue weighted by molar-refractivity contribution is 5.90. The van der Waals surface area contributed by atoms with Crippen LogP contribution < -0.4 is 10.6 Å². The van der Waals surface area contributed by atoms with Crippen molar-refractivity contribution in [3.05, 3.63) is 41.7 Å². The molecule has 6 nitrogen and oxygen atoms in total. The average molecular weight is 330 g/mol. The van der Waals surface area contributed by atoms with E-state index in [9.17, 15) is 4.79 Å². The number of anilines is 1. The van der Waals surface area contributed by atoms with Gasteiger partial charge in [0.15, 0.2) is 0 Å². The smallest absolute Gasteiger partial charge is 0.319 e. The predicted octanol–water partition coefficient (Wildman–Crippen LogP) is 3.02. The van der Waals surface area contributed by atoms with E-state index in [0.717, 1.165) is 17.1 Å². The van der Waals surface area contributed by atoms with Crippen LogP contribution in [0.15, 0.2) is 30.3 Å². The molecule has 3 N–H and O–H groups in total. The standard InChI is InChI=1S/C18H26N4O2/c1-12(2)16(10-11-23)19-18(24)20-17-13(3)21-22(14(17)4)15-8-6-5-7-9-15/h5-9,12,16,23H,10-11H2,1-4H3,(H2,19,20,24)/t16-/m0/s1. The van der Waals surface area contributed by atoms with Gasteiger partial charge in [0.05, 0.1) is 22.8 Å². The van der Waals surface area contributed by atoms with Crippen LogP contribution in [-0.4, -0.2) is 33.6 Å². The largest absolute Gasteiger partial charge is 0.396 e. The Kier molecular flexibility index (Phi) is 5.98. The number of para-hydroxylation sites is 1. The van der Waals surface area contributed by atoms with Crippen LogP contribution in [0.1, 0.15) is 31.7 Å². The van der Waals surface area contributed by atoms with Crippen molar-refractivity contribution in [2.75, 3.05) is 11.9 Å². The summed E-state index contributed by atoms with van der Waals surface area (Å²) in [7, 11) is 0. The quantitative estimate of drug-likeness (QED) is 0.762. The van der Waals surface area contributed by atoms with Crippen LogP contribution in [0.3, 0.4) is 0 Å². The molecule has 6 heteroatoms. The molecule has 0 aliphatic carbocycles. The molecule has 24 heavy (non-hydrogen) atoms. The van der Waals surface area contributed by atoms with E-state index in [4.69, 9.17) is 5.11 Å². The molecule has 0 radical (unpaired) electrons. The Morgan fingerprint density at radius 1 is 1.25 bits per heavy atom. The lowest BCUT2D eigenvalue weighted by Gasteiger charge is -2.21. The molecule has 1 heterocycles. The zero-order valence-corrected chi connectivity index (χ0v) is 14.7. The monoisotopic (exact) mass is 330 g/mol. The first-order valence-corrected chi connectivity index (χ1v) is 8.24. The van der Waals surface area contributed by atoms with Gasteiger partial charge in [-0.3, -0.25) is 0 Å². The number of benzene rings is 1. The van der Waals surface area contributed by atoms with Gasteiger partial charge >= 0.3 is 6.03 Å². The fourth-order valence-electron chi connectivity index (χ4n) is 2.67. The van der Waals surface area contributed by atoms with Crippen LogP contribution in [0.5, 0.6) is 0 Å². The highest BCUT2D eigenvalue weighted by Crippen LogP contribution is 2.22. The van der Waals surface area contributed by atoms with Crippen molar-refractivity contribution in [2.45, 2.75) is 40.2 Å². The average Bonchev–Trinajstić information content (AvgIpc) is 2.83. The van der Waals surface area contributed by atoms with Gasteiger partial charge in [0.2, 0.25) is 0 Å². The van der Waals surface area contributed by atoms with E-state index < -0.39 is 0 Å². The summed E-state index contributed by atoms with van der Waals surface area (Å²) in [6.07, 6.45) is 0.534. The zero-order valence-electron chi connectivity index (χ0n) is 14.7. The zero-order chi connectivity index (χ0) is 17.7. The highest BCUT2D eigenvalue weighted by Gasteiger charge is 2.19. The van der Waals surface area contributed by atoms with Crippen molar-refractivity contribution in [3.63, 3.8) is 0 Å². The molecule has 0 saturated carbocycles. The van der Waals surface area contributed by atoms with Crippen molar-refractivity contribution in [3.8, 4) is 5.69 Å². The molecular weight excluding hydrogens is 304 g/mol. The van der Waals surface area contributed by atoms with Crippen molar-refractivity contribution < 1.29 is 9.90 Å². The maximum absolute atomic E-state index is 12.3. The normalized spacial score (nSPS) is 12.2. The molecule has 0 fully saturated rings. The molecule has 0 aliphatic heterocycles. The summed E-state index contributed by atoms with van der Waals surface area (Å²) >= 11 is 0. The topological polar surface area (TPSA) is 79.2 Å². The van der Waals surface area contributed by atoms with E-state index in [2.05, 4.69) is 15.7 Å². The molecule has 130 valence electrons. The van der Waals surface area contributed by atoms with E-state index >= 15 is 0 Å². The second-order valence-electron chi connectivity index (χ2n) is 6.25. The van der Waals surface area contributed by atoms with Gasteiger partial charge in [-0.05, 0) is 38.3 Å². The van der Waals surface area contributed by atoms with Gasteiger partial charge in [-0.1, -0.05) is 32.0 Å². The van der Waals surface area contributed by atoms with Crippen molar-refractivity contribution in [2.24, 2.45) is 5.92 Å². The molecule has 0 saturated heterocycles. The van der Waals surface area contributed by atoms with Gasteiger partial charge in [-0.25, -0.2) is 9.48 Å². The van der Waals surface area contributed by atoms with Crippen LogP contribution in [0.25, 0.3) is 5.69 Å². The van der Waals surface area contributed by atoms with E-state index in [1.807, 2.05) is 62.7 Å². The van der Waals surface area contributed by atoms with E-state index in [-0.39, 0.29) is 24.6 Å². The molecular formula is C18H26N4O2. The second kappa shape index (κ2) is 7.97. The molecule has 0 aliphatic rings. The minimum Gasteiger partial charge on any atom is -0.396 e. The Morgan fingerprint density at radius 2 is 1.92 bits per heavy atom. The minimum absolute atomic E-state index is 0.0487. The fourth-order valence-corrected chi connectivity index (χ4v) is 2.67. The van der Waals surface area contributed by atoms with Crippen molar-refractivity contribution in [1.82, 2.24) is 15.1 Å². The van der Waals surface area contributed by atoms with Crippen molar-refractivity contribution in [1.29, 1.82) is 0 Å². The first-order valence-electron chi connectivity index (χ1n) is 8.24. The van der Waals surface area contributed by atoms with Gasteiger partial charge in [0, 0.05) is 12.6 Å². The second-order valence-corrected chi connectivity index (χ2v) is 6.25. The molecule has 1 aromatic carbocycles. The number of hydrogen-bond acceptors (Lipinski definition) is 3. The van der Waals surface area contributed by atoms with Crippen LogP contribution >= 0.6 is 0 Å². The molecule has 0 bridgehead atoms. The lowest BCUT2D eigenvalue weighted by atomic mass is 10.0. The summed E-state index contributed by atoms with van der Waals surface area (Å²) in [6, 6.07) is 9.45.